The maximum absolute atomic E-state index is 11.8. The third-order valence-electron chi connectivity index (χ3n) is 3.51. The zero-order chi connectivity index (χ0) is 15.0. The molecule has 0 aromatic carbocycles. The first-order chi connectivity index (χ1) is 9.65. The number of nitrogens with zero attached hydrogens (tertiary/aromatic N) is 1. The lowest BCUT2D eigenvalue weighted by atomic mass is 10.2. The molecule has 1 rings (SSSR count). The van der Waals surface area contributed by atoms with Gasteiger partial charge in [-0.1, -0.05) is 33.1 Å². The molecule has 0 amide bonds. The Morgan fingerprint density at radius 2 is 1.90 bits per heavy atom. The molecule has 1 heterocycles. The lowest BCUT2D eigenvalue weighted by molar-refractivity contribution is -0.149. The second kappa shape index (κ2) is 8.95. The fourth-order valence-corrected chi connectivity index (χ4v) is 2.28. The smallest absolute Gasteiger partial charge is 0.324 e. The number of rotatable bonds is 10. The van der Waals surface area contributed by atoms with Gasteiger partial charge in [0.15, 0.2) is 0 Å². The van der Waals surface area contributed by atoms with Gasteiger partial charge in [-0.05, 0) is 19.8 Å². The van der Waals surface area contributed by atoms with Gasteiger partial charge in [-0.3, -0.25) is 14.5 Å². The summed E-state index contributed by atoms with van der Waals surface area (Å²) in [5.74, 6) is -0.447. The predicted octanol–water partition coefficient (Wildman–Crippen LogP) is 2.14. The van der Waals surface area contributed by atoms with Crippen LogP contribution < -0.4 is 0 Å². The summed E-state index contributed by atoms with van der Waals surface area (Å²) in [4.78, 5) is 25.4. The van der Waals surface area contributed by atoms with Crippen molar-refractivity contribution in [1.29, 1.82) is 0 Å². The van der Waals surface area contributed by atoms with E-state index in [9.17, 15) is 9.59 Å². The van der Waals surface area contributed by atoms with E-state index < -0.39 is 0 Å². The Hall–Kier alpha value is -1.10. The molecular weight excluding hydrogens is 258 g/mol. The van der Waals surface area contributed by atoms with Crippen LogP contribution in [0.25, 0.3) is 0 Å². The summed E-state index contributed by atoms with van der Waals surface area (Å²) in [6.07, 6.45) is 5.01. The molecular formula is C15H27NO4. The summed E-state index contributed by atoms with van der Waals surface area (Å²) in [6.45, 7) is 7.32. The van der Waals surface area contributed by atoms with E-state index in [1.165, 1.54) is 12.8 Å². The largest absolute Gasteiger partial charge is 0.465 e. The van der Waals surface area contributed by atoms with Gasteiger partial charge in [0, 0.05) is 6.54 Å². The zero-order valence-electron chi connectivity index (χ0n) is 12.9. The number of hydrogen-bond acceptors (Lipinski definition) is 5. The number of esters is 2. The van der Waals surface area contributed by atoms with Crippen molar-refractivity contribution in [2.75, 3.05) is 19.8 Å². The minimum atomic E-state index is -0.312. The Balaban J connectivity index is 2.26. The van der Waals surface area contributed by atoms with Crippen molar-refractivity contribution in [3.63, 3.8) is 0 Å². The van der Waals surface area contributed by atoms with Crippen LogP contribution in [0.2, 0.25) is 0 Å². The molecule has 0 N–H and O–H groups in total. The van der Waals surface area contributed by atoms with Gasteiger partial charge in [0.25, 0.3) is 0 Å². The van der Waals surface area contributed by atoms with E-state index in [4.69, 9.17) is 9.47 Å². The number of unbranched alkanes of at least 4 members (excludes halogenated alkanes) is 3. The summed E-state index contributed by atoms with van der Waals surface area (Å²) in [6, 6.07) is -0.567. The molecule has 0 spiro atoms. The highest BCUT2D eigenvalue weighted by molar-refractivity contribution is 5.83. The first kappa shape index (κ1) is 17.0. The topological polar surface area (TPSA) is 55.6 Å². The SMILES string of the molecule is CCCCCCOC(=O)[C@@H]1CN1[C@H](CC)C(=O)OCC. The van der Waals surface area contributed by atoms with Gasteiger partial charge < -0.3 is 9.47 Å². The lowest BCUT2D eigenvalue weighted by Crippen LogP contribution is -2.33. The van der Waals surface area contributed by atoms with Gasteiger partial charge in [-0.15, -0.1) is 0 Å². The highest BCUT2D eigenvalue weighted by atomic mass is 16.5. The Morgan fingerprint density at radius 3 is 2.50 bits per heavy atom. The summed E-state index contributed by atoms with van der Waals surface area (Å²) in [7, 11) is 0. The number of hydrogen-bond donors (Lipinski definition) is 0. The van der Waals surface area contributed by atoms with Crippen molar-refractivity contribution in [3.05, 3.63) is 0 Å². The monoisotopic (exact) mass is 285 g/mol. The molecule has 0 aromatic heterocycles. The van der Waals surface area contributed by atoms with Crippen LogP contribution in [-0.4, -0.2) is 48.7 Å². The maximum atomic E-state index is 11.8. The minimum Gasteiger partial charge on any atom is -0.465 e. The van der Waals surface area contributed by atoms with Gasteiger partial charge in [-0.2, -0.15) is 0 Å². The average Bonchev–Trinajstić information content (AvgIpc) is 3.20. The van der Waals surface area contributed by atoms with Crippen molar-refractivity contribution in [2.24, 2.45) is 0 Å². The molecule has 1 aliphatic heterocycles. The molecule has 116 valence electrons. The molecule has 0 saturated carbocycles. The summed E-state index contributed by atoms with van der Waals surface area (Å²) in [5, 5.41) is 0. The van der Waals surface area contributed by atoms with Gasteiger partial charge in [0.05, 0.1) is 13.2 Å². The Labute approximate surface area is 121 Å². The van der Waals surface area contributed by atoms with Crippen LogP contribution in [0.15, 0.2) is 0 Å². The van der Waals surface area contributed by atoms with Crippen LogP contribution in [0.4, 0.5) is 0 Å². The first-order valence-electron chi connectivity index (χ1n) is 7.74. The lowest BCUT2D eigenvalue weighted by Gasteiger charge is -2.15. The molecule has 1 saturated heterocycles. The quantitative estimate of drug-likeness (QED) is 0.350. The molecule has 5 nitrogen and oxygen atoms in total. The van der Waals surface area contributed by atoms with E-state index in [0.717, 1.165) is 12.8 Å². The van der Waals surface area contributed by atoms with E-state index in [1.807, 2.05) is 11.8 Å². The molecule has 0 aromatic rings. The fourth-order valence-electron chi connectivity index (χ4n) is 2.28. The van der Waals surface area contributed by atoms with Crippen LogP contribution in [0.5, 0.6) is 0 Å². The third kappa shape index (κ3) is 5.12. The molecule has 0 radical (unpaired) electrons. The van der Waals surface area contributed by atoms with E-state index >= 15 is 0 Å². The highest BCUT2D eigenvalue weighted by Crippen LogP contribution is 2.25. The number of carbonyl (C=O) groups excluding carboxylic acids is 2. The molecule has 1 fully saturated rings. The van der Waals surface area contributed by atoms with Gasteiger partial charge in [-0.25, -0.2) is 0 Å². The first-order valence-corrected chi connectivity index (χ1v) is 7.74. The second-order valence-corrected chi connectivity index (χ2v) is 5.12. The number of ether oxygens (including phenoxy) is 2. The molecule has 3 atom stereocenters. The van der Waals surface area contributed by atoms with Crippen molar-refractivity contribution in [2.45, 2.75) is 65.0 Å². The van der Waals surface area contributed by atoms with Gasteiger partial charge >= 0.3 is 11.9 Å². The fraction of sp³-hybridized carbons (Fsp3) is 0.867. The van der Waals surface area contributed by atoms with Crippen LogP contribution in [0, 0.1) is 0 Å². The van der Waals surface area contributed by atoms with Gasteiger partial charge in [0.1, 0.15) is 12.1 Å². The Kier molecular flexibility index (Phi) is 7.59. The summed E-state index contributed by atoms with van der Waals surface area (Å²) in [5.41, 5.74) is 0. The van der Waals surface area contributed by atoms with E-state index in [1.54, 1.807) is 6.92 Å². The van der Waals surface area contributed by atoms with Crippen LogP contribution in [0.1, 0.15) is 52.9 Å². The zero-order valence-corrected chi connectivity index (χ0v) is 12.9. The normalized spacial score (nSPS) is 22.1. The maximum Gasteiger partial charge on any atom is 0.324 e. The van der Waals surface area contributed by atoms with Crippen molar-refractivity contribution in [3.8, 4) is 0 Å². The Morgan fingerprint density at radius 1 is 1.15 bits per heavy atom. The minimum absolute atomic E-state index is 0.204. The summed E-state index contributed by atoms with van der Waals surface area (Å²) >= 11 is 0. The molecule has 1 unspecified atom stereocenters. The third-order valence-corrected chi connectivity index (χ3v) is 3.51. The van der Waals surface area contributed by atoms with Crippen molar-refractivity contribution in [1.82, 2.24) is 4.90 Å². The average molecular weight is 285 g/mol. The predicted molar refractivity (Wildman–Crippen MR) is 76.3 cm³/mol. The molecule has 5 heteroatoms. The highest BCUT2D eigenvalue weighted by Gasteiger charge is 2.48. The second-order valence-electron chi connectivity index (χ2n) is 5.12. The van der Waals surface area contributed by atoms with Crippen molar-refractivity contribution >= 4 is 11.9 Å². The Bertz CT molecular complexity index is 319. The van der Waals surface area contributed by atoms with Crippen LogP contribution in [0.3, 0.4) is 0 Å². The molecule has 0 bridgehead atoms. The molecule has 1 aliphatic rings. The van der Waals surface area contributed by atoms with Crippen LogP contribution in [-0.2, 0) is 19.1 Å². The van der Waals surface area contributed by atoms with Crippen molar-refractivity contribution < 1.29 is 19.1 Å². The molecule has 0 aliphatic carbocycles. The number of carbonyl (C=O) groups is 2. The van der Waals surface area contributed by atoms with E-state index in [0.29, 0.717) is 26.2 Å². The van der Waals surface area contributed by atoms with Crippen LogP contribution >= 0.6 is 0 Å². The molecule has 20 heavy (non-hydrogen) atoms. The standard InChI is InChI=1S/C15H27NO4/c1-4-7-8-9-10-20-15(18)13-11-16(13)12(5-2)14(17)19-6-3/h12-13H,4-11H2,1-3H3/t12-,13+,16?/m1/s1. The summed E-state index contributed by atoms with van der Waals surface area (Å²) < 4.78 is 10.3. The van der Waals surface area contributed by atoms with E-state index in [2.05, 4.69) is 6.92 Å². The van der Waals surface area contributed by atoms with E-state index in [-0.39, 0.29) is 24.0 Å². The van der Waals surface area contributed by atoms with Gasteiger partial charge in [0.2, 0.25) is 0 Å².